The second-order valence-electron chi connectivity index (χ2n) is 7.53. The minimum Gasteiger partial charge on any atom is -0.492 e. The molecule has 2 aromatic carbocycles. The Morgan fingerprint density at radius 2 is 1.79 bits per heavy atom. The molecule has 2 aliphatic rings. The second-order valence-corrected chi connectivity index (χ2v) is 9.48. The normalized spacial score (nSPS) is 18.6. The molecule has 2 heterocycles. The number of nitrogens with zero attached hydrogens (tertiary/aromatic N) is 1. The van der Waals surface area contributed by atoms with Crippen molar-refractivity contribution < 1.29 is 23.1 Å². The average molecular weight is 401 g/mol. The molecular formula is C21H23NO5S. The van der Waals surface area contributed by atoms with Crippen molar-refractivity contribution in [2.24, 2.45) is 0 Å². The van der Waals surface area contributed by atoms with E-state index >= 15 is 0 Å². The summed E-state index contributed by atoms with van der Waals surface area (Å²) in [6, 6.07) is 13.6. The Bertz CT molecular complexity index is 979. The summed E-state index contributed by atoms with van der Waals surface area (Å²) < 4.78 is 31.6. The van der Waals surface area contributed by atoms with Crippen molar-refractivity contribution in [2.75, 3.05) is 26.2 Å². The third-order valence-corrected chi connectivity index (χ3v) is 7.61. The molecule has 1 fully saturated rings. The van der Waals surface area contributed by atoms with Gasteiger partial charge in [0.2, 0.25) is 9.84 Å². The predicted octanol–water partition coefficient (Wildman–Crippen LogP) is 2.72. The van der Waals surface area contributed by atoms with E-state index in [9.17, 15) is 13.2 Å². The smallest absolute Gasteiger partial charge is 0.304 e. The van der Waals surface area contributed by atoms with E-state index in [1.54, 1.807) is 42.5 Å². The van der Waals surface area contributed by atoms with Crippen molar-refractivity contribution in [3.8, 4) is 5.75 Å². The van der Waals surface area contributed by atoms with Crippen molar-refractivity contribution in [1.29, 1.82) is 0 Å². The summed E-state index contributed by atoms with van der Waals surface area (Å²) in [5.74, 6) is -0.127. The van der Waals surface area contributed by atoms with Gasteiger partial charge < -0.3 is 14.7 Å². The van der Waals surface area contributed by atoms with Crippen LogP contribution >= 0.6 is 0 Å². The number of sulfone groups is 1. The van der Waals surface area contributed by atoms with Crippen LogP contribution in [-0.2, 0) is 20.0 Å². The van der Waals surface area contributed by atoms with Crippen LogP contribution in [0.4, 0.5) is 0 Å². The van der Waals surface area contributed by atoms with E-state index in [0.717, 1.165) is 31.5 Å². The molecule has 6 nitrogen and oxygen atoms in total. The number of benzene rings is 2. The van der Waals surface area contributed by atoms with Crippen LogP contribution < -0.4 is 4.74 Å². The standard InChI is InChI=1S/C21H23NO5S/c23-20(24)8-11-22-12-9-21(10-13-22)15-27-19-14-17(6-7-18(19)21)28(25,26)16-4-2-1-3-5-16/h1-7,14H,8-13,15H2,(H,23,24). The molecule has 1 saturated heterocycles. The topological polar surface area (TPSA) is 83.9 Å². The number of hydrogen-bond donors (Lipinski definition) is 1. The molecule has 0 amide bonds. The molecule has 0 unspecified atom stereocenters. The fraction of sp³-hybridized carbons (Fsp3) is 0.381. The summed E-state index contributed by atoms with van der Waals surface area (Å²) >= 11 is 0. The van der Waals surface area contributed by atoms with Crippen LogP contribution in [0.3, 0.4) is 0 Å². The first-order valence-electron chi connectivity index (χ1n) is 9.42. The quantitative estimate of drug-likeness (QED) is 0.829. The summed E-state index contributed by atoms with van der Waals surface area (Å²) in [7, 11) is -3.57. The molecular weight excluding hydrogens is 378 g/mol. The van der Waals surface area contributed by atoms with Crippen LogP contribution in [0.2, 0.25) is 0 Å². The van der Waals surface area contributed by atoms with E-state index in [-0.39, 0.29) is 21.6 Å². The maximum absolute atomic E-state index is 12.9. The van der Waals surface area contributed by atoms with Gasteiger partial charge in [-0.3, -0.25) is 4.79 Å². The van der Waals surface area contributed by atoms with Crippen LogP contribution in [0.5, 0.6) is 5.75 Å². The van der Waals surface area contributed by atoms with Gasteiger partial charge in [-0.15, -0.1) is 0 Å². The SMILES string of the molecule is O=C(O)CCN1CCC2(CC1)COc1cc(S(=O)(=O)c3ccccc3)ccc12. The second kappa shape index (κ2) is 7.22. The van der Waals surface area contributed by atoms with Crippen molar-refractivity contribution in [2.45, 2.75) is 34.5 Å². The highest BCUT2D eigenvalue weighted by molar-refractivity contribution is 7.91. The van der Waals surface area contributed by atoms with E-state index in [0.29, 0.717) is 18.9 Å². The van der Waals surface area contributed by atoms with E-state index in [1.165, 1.54) is 0 Å². The van der Waals surface area contributed by atoms with Gasteiger partial charge in [0, 0.05) is 17.5 Å². The van der Waals surface area contributed by atoms with Gasteiger partial charge in [-0.2, -0.15) is 0 Å². The lowest BCUT2D eigenvalue weighted by Gasteiger charge is -2.38. The summed E-state index contributed by atoms with van der Waals surface area (Å²) in [5.41, 5.74) is 0.960. The van der Waals surface area contributed by atoms with Crippen molar-refractivity contribution in [3.05, 3.63) is 54.1 Å². The number of carbonyl (C=O) groups is 1. The number of fused-ring (bicyclic) bond motifs is 2. The number of carboxylic acid groups (broad SMARTS) is 1. The lowest BCUT2D eigenvalue weighted by Crippen LogP contribution is -2.44. The molecule has 28 heavy (non-hydrogen) atoms. The van der Waals surface area contributed by atoms with Gasteiger partial charge in [0.05, 0.1) is 22.8 Å². The summed E-state index contributed by atoms with van der Waals surface area (Å²) in [5, 5.41) is 8.86. The molecule has 148 valence electrons. The molecule has 0 bridgehead atoms. The maximum Gasteiger partial charge on any atom is 0.304 e. The van der Waals surface area contributed by atoms with Gasteiger partial charge in [0.15, 0.2) is 0 Å². The molecule has 0 aliphatic carbocycles. The highest BCUT2D eigenvalue weighted by Gasteiger charge is 2.43. The third kappa shape index (κ3) is 3.40. The van der Waals surface area contributed by atoms with E-state index in [1.807, 2.05) is 6.07 Å². The molecule has 0 radical (unpaired) electrons. The molecule has 4 rings (SSSR count). The first-order chi connectivity index (χ1) is 13.4. The Kier molecular flexibility index (Phi) is 4.89. The van der Waals surface area contributed by atoms with Gasteiger partial charge in [-0.05, 0) is 50.2 Å². The Hall–Kier alpha value is -2.38. The minimum atomic E-state index is -3.57. The maximum atomic E-state index is 12.9. The van der Waals surface area contributed by atoms with Crippen LogP contribution in [-0.4, -0.2) is 50.6 Å². The van der Waals surface area contributed by atoms with Crippen LogP contribution in [0.25, 0.3) is 0 Å². The van der Waals surface area contributed by atoms with Crippen LogP contribution in [0.1, 0.15) is 24.8 Å². The number of rotatable bonds is 5. The van der Waals surface area contributed by atoms with Gasteiger partial charge in [-0.1, -0.05) is 24.3 Å². The van der Waals surface area contributed by atoms with Crippen molar-refractivity contribution >= 4 is 15.8 Å². The molecule has 0 aromatic heterocycles. The first kappa shape index (κ1) is 19.0. The fourth-order valence-electron chi connectivity index (χ4n) is 4.13. The Labute approximate surface area is 164 Å². The van der Waals surface area contributed by atoms with E-state index < -0.39 is 15.8 Å². The summed E-state index contributed by atoms with van der Waals surface area (Å²) in [6.45, 7) is 2.75. The molecule has 2 aliphatic heterocycles. The molecule has 1 N–H and O–H groups in total. The van der Waals surface area contributed by atoms with Crippen LogP contribution in [0.15, 0.2) is 58.3 Å². The zero-order valence-electron chi connectivity index (χ0n) is 15.5. The van der Waals surface area contributed by atoms with Gasteiger partial charge >= 0.3 is 5.97 Å². The number of ether oxygens (including phenoxy) is 1. The van der Waals surface area contributed by atoms with Crippen molar-refractivity contribution in [3.63, 3.8) is 0 Å². The highest BCUT2D eigenvalue weighted by atomic mass is 32.2. The third-order valence-electron chi connectivity index (χ3n) is 5.85. The zero-order valence-corrected chi connectivity index (χ0v) is 16.3. The number of aliphatic carboxylic acids is 1. The number of piperidine rings is 1. The molecule has 0 saturated carbocycles. The van der Waals surface area contributed by atoms with Gasteiger partial charge in [-0.25, -0.2) is 8.42 Å². The summed E-state index contributed by atoms with van der Waals surface area (Å²) in [4.78, 5) is 13.5. The highest BCUT2D eigenvalue weighted by Crippen LogP contribution is 2.46. The monoisotopic (exact) mass is 401 g/mol. The number of hydrogen-bond acceptors (Lipinski definition) is 5. The number of carboxylic acids is 1. The van der Waals surface area contributed by atoms with E-state index in [4.69, 9.17) is 9.84 Å². The zero-order chi connectivity index (χ0) is 19.8. The van der Waals surface area contributed by atoms with Crippen molar-refractivity contribution in [1.82, 2.24) is 4.90 Å². The van der Waals surface area contributed by atoms with Gasteiger partial charge in [0.1, 0.15) is 5.75 Å². The lowest BCUT2D eigenvalue weighted by atomic mass is 9.74. The fourth-order valence-corrected chi connectivity index (χ4v) is 5.43. The predicted molar refractivity (Wildman–Crippen MR) is 103 cm³/mol. The Morgan fingerprint density at radius 3 is 2.46 bits per heavy atom. The Morgan fingerprint density at radius 1 is 1.07 bits per heavy atom. The average Bonchev–Trinajstić information content (AvgIpc) is 3.06. The largest absolute Gasteiger partial charge is 0.492 e. The van der Waals surface area contributed by atoms with E-state index in [2.05, 4.69) is 4.90 Å². The molecule has 0 atom stereocenters. The number of likely N-dealkylation sites (tertiary alicyclic amines) is 1. The van der Waals surface area contributed by atoms with Crippen LogP contribution in [0, 0.1) is 0 Å². The lowest BCUT2D eigenvalue weighted by molar-refractivity contribution is -0.137. The molecule has 7 heteroatoms. The van der Waals surface area contributed by atoms with Gasteiger partial charge in [0.25, 0.3) is 0 Å². The Balaban J connectivity index is 1.54. The summed E-state index contributed by atoms with van der Waals surface area (Å²) in [6.07, 6.45) is 1.91. The minimum absolute atomic E-state index is 0.107. The first-order valence-corrected chi connectivity index (χ1v) is 10.9. The molecule has 1 spiro atoms. The molecule has 2 aromatic rings.